The van der Waals surface area contributed by atoms with Crippen LogP contribution in [0.15, 0.2) is 23.1 Å². The molecule has 0 spiro atoms. The number of aliphatic carboxylic acids is 1. The zero-order valence-electron chi connectivity index (χ0n) is 13.4. The van der Waals surface area contributed by atoms with Crippen LogP contribution in [0, 0.1) is 12.8 Å². The van der Waals surface area contributed by atoms with Crippen molar-refractivity contribution in [2.45, 2.75) is 37.6 Å². The molecule has 0 saturated carbocycles. The van der Waals surface area contributed by atoms with Gasteiger partial charge in [-0.05, 0) is 44.4 Å². The fraction of sp³-hybridized carbons (Fsp3) is 0.500. The highest BCUT2D eigenvalue weighted by Crippen LogP contribution is 2.26. The highest BCUT2D eigenvalue weighted by molar-refractivity contribution is 7.90. The van der Waals surface area contributed by atoms with Gasteiger partial charge in [-0.2, -0.15) is 0 Å². The average molecular weight is 339 g/mol. The first-order valence-corrected chi connectivity index (χ1v) is 9.36. The van der Waals surface area contributed by atoms with E-state index in [1.165, 1.54) is 11.0 Å². The van der Waals surface area contributed by atoms with Crippen molar-refractivity contribution in [3.63, 3.8) is 0 Å². The quantitative estimate of drug-likeness (QED) is 0.905. The molecule has 1 aromatic carbocycles. The highest BCUT2D eigenvalue weighted by Gasteiger charge is 2.35. The number of aryl methyl sites for hydroxylation is 1. The van der Waals surface area contributed by atoms with Crippen LogP contribution in [0.5, 0.6) is 0 Å². The summed E-state index contributed by atoms with van der Waals surface area (Å²) in [6.07, 6.45) is 2.27. The van der Waals surface area contributed by atoms with Gasteiger partial charge in [0.25, 0.3) is 5.91 Å². The standard InChI is InChI=1S/C16H21NO5S/c1-10-6-7-12(9-14(10)23(3,21)22)15(18)17-8-4-5-13(11(17)2)16(19)20/h6-7,9,11,13H,4-5,8H2,1-3H3,(H,19,20)/t11-,13-/m1/s1. The second kappa shape index (κ2) is 6.31. The predicted octanol–water partition coefficient (Wildman–Crippen LogP) is 1.72. The molecule has 1 N–H and O–H groups in total. The Balaban J connectivity index is 2.35. The Morgan fingerprint density at radius 2 is 1.96 bits per heavy atom. The Hall–Kier alpha value is -1.89. The lowest BCUT2D eigenvalue weighted by Gasteiger charge is -2.37. The first-order chi connectivity index (χ1) is 10.6. The molecule has 1 aliphatic heterocycles. The van der Waals surface area contributed by atoms with Crippen LogP contribution in [-0.4, -0.2) is 49.1 Å². The molecule has 2 rings (SSSR count). The number of carbonyl (C=O) groups excluding carboxylic acids is 1. The van der Waals surface area contributed by atoms with Crippen molar-refractivity contribution in [3.05, 3.63) is 29.3 Å². The van der Waals surface area contributed by atoms with Gasteiger partial charge in [0.05, 0.1) is 10.8 Å². The van der Waals surface area contributed by atoms with E-state index in [2.05, 4.69) is 0 Å². The summed E-state index contributed by atoms with van der Waals surface area (Å²) in [6, 6.07) is 4.15. The molecule has 6 nitrogen and oxygen atoms in total. The lowest BCUT2D eigenvalue weighted by atomic mass is 9.90. The maximum atomic E-state index is 12.7. The van der Waals surface area contributed by atoms with Crippen molar-refractivity contribution in [2.75, 3.05) is 12.8 Å². The number of hydrogen-bond acceptors (Lipinski definition) is 4. The Kier molecular flexibility index (Phi) is 4.79. The van der Waals surface area contributed by atoms with Gasteiger partial charge in [0, 0.05) is 24.4 Å². The summed E-state index contributed by atoms with van der Waals surface area (Å²) in [6.45, 7) is 3.88. The zero-order valence-corrected chi connectivity index (χ0v) is 14.3. The molecule has 1 amide bonds. The maximum Gasteiger partial charge on any atom is 0.308 e. The van der Waals surface area contributed by atoms with Gasteiger partial charge in [-0.25, -0.2) is 8.42 Å². The van der Waals surface area contributed by atoms with Gasteiger partial charge in [0.2, 0.25) is 0 Å². The van der Waals surface area contributed by atoms with Crippen LogP contribution in [0.25, 0.3) is 0 Å². The van der Waals surface area contributed by atoms with Crippen molar-refractivity contribution >= 4 is 21.7 Å². The van der Waals surface area contributed by atoms with Crippen LogP contribution in [0.2, 0.25) is 0 Å². The van der Waals surface area contributed by atoms with E-state index in [-0.39, 0.29) is 16.4 Å². The van der Waals surface area contributed by atoms with Crippen molar-refractivity contribution in [1.29, 1.82) is 0 Å². The van der Waals surface area contributed by atoms with Crippen LogP contribution < -0.4 is 0 Å². The predicted molar refractivity (Wildman–Crippen MR) is 85.1 cm³/mol. The van der Waals surface area contributed by atoms with E-state index < -0.39 is 27.8 Å². The first kappa shape index (κ1) is 17.5. The van der Waals surface area contributed by atoms with Gasteiger partial charge in [0.1, 0.15) is 0 Å². The topological polar surface area (TPSA) is 91.8 Å². The largest absolute Gasteiger partial charge is 0.481 e. The second-order valence-electron chi connectivity index (χ2n) is 6.08. The maximum absolute atomic E-state index is 12.7. The molecule has 7 heteroatoms. The van der Waals surface area contributed by atoms with Gasteiger partial charge in [-0.1, -0.05) is 6.07 Å². The number of hydrogen-bond donors (Lipinski definition) is 1. The van der Waals surface area contributed by atoms with E-state index in [0.29, 0.717) is 24.9 Å². The number of carboxylic acids is 1. The summed E-state index contributed by atoms with van der Waals surface area (Å²) in [4.78, 5) is 25.6. The van der Waals surface area contributed by atoms with Crippen molar-refractivity contribution in [2.24, 2.45) is 5.92 Å². The van der Waals surface area contributed by atoms with E-state index in [4.69, 9.17) is 0 Å². The number of likely N-dealkylation sites (tertiary alicyclic amines) is 1. The number of piperidine rings is 1. The van der Waals surface area contributed by atoms with Crippen molar-refractivity contribution in [3.8, 4) is 0 Å². The lowest BCUT2D eigenvalue weighted by Crippen LogP contribution is -2.49. The van der Waals surface area contributed by atoms with E-state index in [1.54, 1.807) is 26.0 Å². The van der Waals surface area contributed by atoms with Gasteiger partial charge in [0.15, 0.2) is 9.84 Å². The van der Waals surface area contributed by atoms with E-state index >= 15 is 0 Å². The molecular weight excluding hydrogens is 318 g/mol. The minimum atomic E-state index is -3.42. The Bertz CT molecular complexity index is 741. The second-order valence-corrected chi connectivity index (χ2v) is 8.06. The zero-order chi connectivity index (χ0) is 17.4. The molecule has 0 aliphatic carbocycles. The van der Waals surface area contributed by atoms with Gasteiger partial charge >= 0.3 is 5.97 Å². The Labute approximate surface area is 136 Å². The van der Waals surface area contributed by atoms with Gasteiger partial charge < -0.3 is 10.0 Å². The Morgan fingerprint density at radius 3 is 2.52 bits per heavy atom. The fourth-order valence-electron chi connectivity index (χ4n) is 3.06. The van der Waals surface area contributed by atoms with Crippen LogP contribution in [0.4, 0.5) is 0 Å². The van der Waals surface area contributed by atoms with Crippen molar-refractivity contribution < 1.29 is 23.1 Å². The molecule has 23 heavy (non-hydrogen) atoms. The highest BCUT2D eigenvalue weighted by atomic mass is 32.2. The molecule has 1 aromatic rings. The molecule has 0 unspecified atom stereocenters. The monoisotopic (exact) mass is 339 g/mol. The number of carbonyl (C=O) groups is 2. The SMILES string of the molecule is Cc1ccc(C(=O)N2CCC[C@@H](C(=O)O)[C@H]2C)cc1S(C)(=O)=O. The van der Waals surface area contributed by atoms with Crippen LogP contribution >= 0.6 is 0 Å². The molecule has 1 saturated heterocycles. The molecule has 1 fully saturated rings. The summed E-state index contributed by atoms with van der Waals surface area (Å²) in [5.41, 5.74) is 0.855. The molecule has 1 heterocycles. The molecule has 2 atom stereocenters. The normalized spacial score (nSPS) is 22.0. The third-order valence-corrected chi connectivity index (χ3v) is 5.64. The molecule has 0 bridgehead atoms. The molecule has 0 radical (unpaired) electrons. The van der Waals surface area contributed by atoms with Crippen LogP contribution in [-0.2, 0) is 14.6 Å². The minimum absolute atomic E-state index is 0.128. The van der Waals surface area contributed by atoms with Crippen LogP contribution in [0.3, 0.4) is 0 Å². The molecule has 1 aliphatic rings. The van der Waals surface area contributed by atoms with Crippen LogP contribution in [0.1, 0.15) is 35.7 Å². The molecular formula is C16H21NO5S. The van der Waals surface area contributed by atoms with Gasteiger partial charge in [-0.3, -0.25) is 9.59 Å². The molecule has 0 aromatic heterocycles. The van der Waals surface area contributed by atoms with Crippen molar-refractivity contribution in [1.82, 2.24) is 4.90 Å². The smallest absolute Gasteiger partial charge is 0.308 e. The summed E-state index contributed by atoms with van der Waals surface area (Å²) in [7, 11) is -3.42. The third kappa shape index (κ3) is 3.55. The van der Waals surface area contributed by atoms with E-state index in [1.807, 2.05) is 0 Å². The van der Waals surface area contributed by atoms with E-state index in [0.717, 1.165) is 6.26 Å². The van der Waals surface area contributed by atoms with Gasteiger partial charge in [-0.15, -0.1) is 0 Å². The number of sulfone groups is 1. The third-order valence-electron chi connectivity index (χ3n) is 4.40. The minimum Gasteiger partial charge on any atom is -0.481 e. The number of carboxylic acid groups (broad SMARTS) is 1. The summed E-state index contributed by atoms with van der Waals surface area (Å²) < 4.78 is 23.6. The van der Waals surface area contributed by atoms with E-state index in [9.17, 15) is 23.1 Å². The summed E-state index contributed by atoms with van der Waals surface area (Å²) >= 11 is 0. The summed E-state index contributed by atoms with van der Waals surface area (Å²) in [5.74, 6) is -1.82. The number of nitrogens with zero attached hydrogens (tertiary/aromatic N) is 1. The lowest BCUT2D eigenvalue weighted by molar-refractivity contribution is -0.144. The Morgan fingerprint density at radius 1 is 1.30 bits per heavy atom. The fourth-order valence-corrected chi connectivity index (χ4v) is 4.05. The average Bonchev–Trinajstić information content (AvgIpc) is 2.45. The summed E-state index contributed by atoms with van der Waals surface area (Å²) in [5, 5.41) is 9.25. The molecule has 126 valence electrons. The number of benzene rings is 1. The number of amides is 1. The number of rotatable bonds is 3. The first-order valence-electron chi connectivity index (χ1n) is 7.47.